The number of nitrogen functional groups attached to an aromatic ring is 1. The number of nitrogens with two attached hydrogens (primary N) is 1. The van der Waals surface area contributed by atoms with Gasteiger partial charge in [0.25, 0.3) is 5.91 Å². The maximum Gasteiger partial charge on any atom is 0.317 e. The van der Waals surface area contributed by atoms with Crippen molar-refractivity contribution < 1.29 is 19.5 Å². The maximum atomic E-state index is 13.7. The number of benzene rings is 2. The number of aliphatic carboxylic acids is 1. The van der Waals surface area contributed by atoms with Gasteiger partial charge in [0.2, 0.25) is 5.91 Å². The van der Waals surface area contributed by atoms with Crippen LogP contribution < -0.4 is 21.7 Å². The molecule has 0 spiro atoms. The van der Waals surface area contributed by atoms with Crippen molar-refractivity contribution in [2.24, 2.45) is 11.7 Å². The third kappa shape index (κ3) is 5.73. The number of carbonyl (C=O) groups is 3. The Morgan fingerprint density at radius 1 is 1.00 bits per heavy atom. The normalized spacial score (nSPS) is 17.6. The van der Waals surface area contributed by atoms with Gasteiger partial charge < -0.3 is 21.5 Å². The third-order valence-corrected chi connectivity index (χ3v) is 7.23. The molecule has 9 heteroatoms. The van der Waals surface area contributed by atoms with Gasteiger partial charge in [0, 0.05) is 24.1 Å². The monoisotopic (exact) mass is 491 g/mol. The Morgan fingerprint density at radius 2 is 1.61 bits per heavy atom. The lowest BCUT2D eigenvalue weighted by Crippen LogP contribution is -2.62. The summed E-state index contributed by atoms with van der Waals surface area (Å²) < 4.78 is 0. The molecule has 2 aromatic carbocycles. The average Bonchev–Trinajstić information content (AvgIpc) is 3.24. The van der Waals surface area contributed by atoms with Gasteiger partial charge in [0.15, 0.2) is 0 Å². The van der Waals surface area contributed by atoms with Crippen LogP contribution in [0.4, 0.5) is 5.69 Å². The number of hydrogen-bond donors (Lipinski definition) is 6. The molecule has 190 valence electrons. The molecule has 0 aromatic heterocycles. The summed E-state index contributed by atoms with van der Waals surface area (Å²) in [6, 6.07) is 13.7. The fraction of sp³-hybridized carbons (Fsp3) is 0.407. The summed E-state index contributed by atoms with van der Waals surface area (Å²) in [6.45, 7) is -0.323. The molecular weight excluding hydrogens is 458 g/mol. The number of anilines is 1. The second-order valence-electron chi connectivity index (χ2n) is 9.79. The van der Waals surface area contributed by atoms with Crippen LogP contribution in [-0.4, -0.2) is 46.9 Å². The van der Waals surface area contributed by atoms with Gasteiger partial charge in [0.05, 0.1) is 12.6 Å². The van der Waals surface area contributed by atoms with E-state index in [0.717, 1.165) is 43.2 Å². The molecule has 0 aliphatic heterocycles. The molecule has 1 atom stereocenters. The van der Waals surface area contributed by atoms with Crippen molar-refractivity contribution in [3.63, 3.8) is 0 Å². The molecule has 2 aromatic rings. The highest BCUT2D eigenvalue weighted by molar-refractivity contribution is 6.03. The minimum atomic E-state index is -1.21. The van der Waals surface area contributed by atoms with E-state index in [0.29, 0.717) is 24.1 Å². The first-order valence-corrected chi connectivity index (χ1v) is 12.4. The highest BCUT2D eigenvalue weighted by Crippen LogP contribution is 2.33. The molecule has 36 heavy (non-hydrogen) atoms. The fourth-order valence-electron chi connectivity index (χ4n) is 5.36. The van der Waals surface area contributed by atoms with Gasteiger partial charge in [-0.2, -0.15) is 0 Å². The molecule has 2 amide bonds. The van der Waals surface area contributed by atoms with Crippen LogP contribution in [0.15, 0.2) is 48.5 Å². The quantitative estimate of drug-likeness (QED) is 0.233. The van der Waals surface area contributed by atoms with E-state index >= 15 is 0 Å². The molecule has 9 nitrogen and oxygen atoms in total. The number of amides is 2. The van der Waals surface area contributed by atoms with Crippen molar-refractivity contribution in [1.29, 1.82) is 5.41 Å². The second kappa shape index (κ2) is 10.9. The van der Waals surface area contributed by atoms with Gasteiger partial charge in [-0.1, -0.05) is 43.5 Å². The number of nitrogens with one attached hydrogen (secondary N) is 4. The molecular formula is C27H33N5O4. The number of fused-ring (bicyclic) bond motifs is 1. The third-order valence-electron chi connectivity index (χ3n) is 7.23. The molecule has 1 saturated carbocycles. The van der Waals surface area contributed by atoms with E-state index in [-0.39, 0.29) is 30.1 Å². The average molecular weight is 492 g/mol. The molecule has 1 fully saturated rings. The van der Waals surface area contributed by atoms with E-state index in [4.69, 9.17) is 11.1 Å². The standard InChI is InChI=1S/C27H33N5O4/c28-24(29)18-10-12-21(13-11-18)31-26(36)27(14-19-8-4-5-9-20(19)15-27)32-25(35)23(30-16-22(33)34)17-6-2-1-3-7-17/h4-5,8-13,17,23,30H,1-3,6-7,14-16H2,(H3,28,29)(H,31,36)(H,32,35)(H,33,34)/t23-/m1/s1. The van der Waals surface area contributed by atoms with E-state index in [1.54, 1.807) is 24.3 Å². The molecule has 0 unspecified atom stereocenters. The van der Waals surface area contributed by atoms with Gasteiger partial charge in [-0.3, -0.25) is 25.1 Å². The Bertz CT molecular complexity index is 1120. The summed E-state index contributed by atoms with van der Waals surface area (Å²) in [4.78, 5) is 38.6. The minimum Gasteiger partial charge on any atom is -0.480 e. The number of hydrogen-bond acceptors (Lipinski definition) is 5. The van der Waals surface area contributed by atoms with Crippen molar-refractivity contribution in [2.75, 3.05) is 11.9 Å². The molecule has 0 heterocycles. The largest absolute Gasteiger partial charge is 0.480 e. The van der Waals surface area contributed by atoms with Crippen molar-refractivity contribution in [1.82, 2.24) is 10.6 Å². The van der Waals surface area contributed by atoms with Crippen LogP contribution in [0.2, 0.25) is 0 Å². The number of amidine groups is 1. The summed E-state index contributed by atoms with van der Waals surface area (Å²) in [5.41, 5.74) is 7.38. The van der Waals surface area contributed by atoms with Crippen LogP contribution in [0.5, 0.6) is 0 Å². The smallest absolute Gasteiger partial charge is 0.317 e. The van der Waals surface area contributed by atoms with Crippen LogP contribution in [0, 0.1) is 11.3 Å². The first kappa shape index (κ1) is 25.4. The predicted octanol–water partition coefficient (Wildman–Crippen LogP) is 2.19. The first-order chi connectivity index (χ1) is 17.3. The Kier molecular flexibility index (Phi) is 7.69. The summed E-state index contributed by atoms with van der Waals surface area (Å²) in [6.07, 6.45) is 5.45. The lowest BCUT2D eigenvalue weighted by atomic mass is 9.82. The minimum absolute atomic E-state index is 0.0149. The number of carboxylic acid groups (broad SMARTS) is 1. The Balaban J connectivity index is 1.58. The van der Waals surface area contributed by atoms with Crippen molar-refractivity contribution in [3.8, 4) is 0 Å². The molecule has 2 aliphatic rings. The summed E-state index contributed by atoms with van der Waals surface area (Å²) in [7, 11) is 0. The highest BCUT2D eigenvalue weighted by Gasteiger charge is 2.46. The zero-order chi connectivity index (χ0) is 25.7. The molecule has 2 aliphatic carbocycles. The Morgan fingerprint density at radius 3 is 2.17 bits per heavy atom. The maximum absolute atomic E-state index is 13.7. The van der Waals surface area contributed by atoms with Crippen LogP contribution in [0.3, 0.4) is 0 Å². The lowest BCUT2D eigenvalue weighted by Gasteiger charge is -2.35. The van der Waals surface area contributed by atoms with Crippen LogP contribution in [0.25, 0.3) is 0 Å². The zero-order valence-corrected chi connectivity index (χ0v) is 20.2. The summed E-state index contributed by atoms with van der Waals surface area (Å²) in [5.74, 6) is -1.77. The predicted molar refractivity (Wildman–Crippen MR) is 137 cm³/mol. The molecule has 7 N–H and O–H groups in total. The lowest BCUT2D eigenvalue weighted by molar-refractivity contribution is -0.137. The van der Waals surface area contributed by atoms with Crippen molar-refractivity contribution >= 4 is 29.3 Å². The van der Waals surface area contributed by atoms with Gasteiger partial charge in [-0.15, -0.1) is 0 Å². The van der Waals surface area contributed by atoms with E-state index in [1.165, 1.54) is 0 Å². The van der Waals surface area contributed by atoms with Crippen molar-refractivity contribution in [2.45, 2.75) is 56.5 Å². The van der Waals surface area contributed by atoms with E-state index in [2.05, 4.69) is 16.0 Å². The van der Waals surface area contributed by atoms with E-state index in [1.807, 2.05) is 24.3 Å². The van der Waals surface area contributed by atoms with E-state index < -0.39 is 17.6 Å². The van der Waals surface area contributed by atoms with Gasteiger partial charge >= 0.3 is 5.97 Å². The van der Waals surface area contributed by atoms with E-state index in [9.17, 15) is 19.5 Å². The fourth-order valence-corrected chi connectivity index (χ4v) is 5.36. The molecule has 0 bridgehead atoms. The highest BCUT2D eigenvalue weighted by atomic mass is 16.4. The number of carbonyl (C=O) groups excluding carboxylic acids is 2. The summed E-state index contributed by atoms with van der Waals surface area (Å²) in [5, 5.41) is 25.7. The van der Waals surface area contributed by atoms with Gasteiger partial charge in [0.1, 0.15) is 11.4 Å². The Labute approximate surface area is 210 Å². The topological polar surface area (TPSA) is 157 Å². The number of rotatable bonds is 9. The van der Waals surface area contributed by atoms with Crippen LogP contribution in [0.1, 0.15) is 48.8 Å². The second-order valence-corrected chi connectivity index (χ2v) is 9.79. The summed E-state index contributed by atoms with van der Waals surface area (Å²) >= 11 is 0. The molecule has 0 saturated heterocycles. The van der Waals surface area contributed by atoms with Crippen molar-refractivity contribution in [3.05, 3.63) is 65.2 Å². The molecule has 0 radical (unpaired) electrons. The van der Waals surface area contributed by atoms with Crippen LogP contribution in [-0.2, 0) is 27.2 Å². The number of carboxylic acids is 1. The Hall–Kier alpha value is -3.72. The van der Waals surface area contributed by atoms with Crippen LogP contribution >= 0.6 is 0 Å². The SMILES string of the molecule is N=C(N)c1ccc(NC(=O)C2(NC(=O)[C@H](NCC(=O)O)C3CCCCC3)Cc3ccccc3C2)cc1. The van der Waals surface area contributed by atoms with Gasteiger partial charge in [-0.05, 0) is 54.2 Å². The first-order valence-electron chi connectivity index (χ1n) is 12.4. The zero-order valence-electron chi connectivity index (χ0n) is 20.2. The van der Waals surface area contributed by atoms with Gasteiger partial charge in [-0.25, -0.2) is 0 Å². The molecule has 4 rings (SSSR count).